The number of benzene rings is 1. The van der Waals surface area contributed by atoms with Gasteiger partial charge in [-0.05, 0) is 36.0 Å². The lowest BCUT2D eigenvalue weighted by Crippen LogP contribution is -2.05. The number of para-hydroxylation sites is 1. The summed E-state index contributed by atoms with van der Waals surface area (Å²) in [6.07, 6.45) is 6.38. The largest absolute Gasteiger partial charge is 0.241 e. The van der Waals surface area contributed by atoms with Crippen LogP contribution in [0.5, 0.6) is 0 Å². The molecule has 17 heavy (non-hydrogen) atoms. The van der Waals surface area contributed by atoms with E-state index in [4.69, 9.17) is 0 Å². The average Bonchev–Trinajstić information content (AvgIpc) is 2.75. The molecule has 0 aliphatic carbocycles. The molecule has 0 saturated heterocycles. The third kappa shape index (κ3) is 3.45. The Morgan fingerprint density at radius 2 is 1.82 bits per heavy atom. The van der Waals surface area contributed by atoms with Crippen molar-refractivity contribution in [1.82, 2.24) is 9.78 Å². The number of rotatable bonds is 3. The zero-order valence-corrected chi connectivity index (χ0v) is 10.9. The van der Waals surface area contributed by atoms with Crippen molar-refractivity contribution in [3.05, 3.63) is 48.3 Å². The first-order valence-electron chi connectivity index (χ1n) is 6.14. The van der Waals surface area contributed by atoms with Crippen molar-refractivity contribution in [1.29, 1.82) is 0 Å². The van der Waals surface area contributed by atoms with Crippen molar-refractivity contribution in [3.8, 4) is 5.69 Å². The Morgan fingerprint density at radius 3 is 2.47 bits per heavy atom. The molecule has 0 amide bonds. The van der Waals surface area contributed by atoms with E-state index in [1.807, 2.05) is 29.1 Å². The first-order chi connectivity index (χ1) is 8.04. The summed E-state index contributed by atoms with van der Waals surface area (Å²) in [7, 11) is 0. The summed E-state index contributed by atoms with van der Waals surface area (Å²) in [5.74, 6) is 0. The van der Waals surface area contributed by atoms with Crippen LogP contribution in [0, 0.1) is 5.41 Å². The van der Waals surface area contributed by atoms with Gasteiger partial charge in [0.25, 0.3) is 0 Å². The second kappa shape index (κ2) is 4.74. The second-order valence-corrected chi connectivity index (χ2v) is 5.69. The molecule has 1 heterocycles. The van der Waals surface area contributed by atoms with Crippen molar-refractivity contribution in [2.24, 2.45) is 5.41 Å². The molecule has 2 aromatic rings. The number of hydrogen-bond donors (Lipinski definition) is 0. The molecule has 0 N–H and O–H groups in total. The van der Waals surface area contributed by atoms with E-state index >= 15 is 0 Å². The van der Waals surface area contributed by atoms with Gasteiger partial charge in [-0.25, -0.2) is 4.68 Å². The molecule has 0 spiro atoms. The number of aryl methyl sites for hydroxylation is 1. The quantitative estimate of drug-likeness (QED) is 0.780. The molecule has 90 valence electrons. The highest BCUT2D eigenvalue weighted by atomic mass is 15.3. The maximum absolute atomic E-state index is 4.40. The zero-order valence-electron chi connectivity index (χ0n) is 10.9. The van der Waals surface area contributed by atoms with Crippen LogP contribution in [0.3, 0.4) is 0 Å². The smallest absolute Gasteiger partial charge is 0.0645 e. The molecule has 0 radical (unpaired) electrons. The Bertz CT molecular complexity index is 463. The molecule has 0 saturated carbocycles. The monoisotopic (exact) mass is 228 g/mol. The van der Waals surface area contributed by atoms with Crippen molar-refractivity contribution < 1.29 is 0 Å². The van der Waals surface area contributed by atoms with Crippen LogP contribution in [0.4, 0.5) is 0 Å². The third-order valence-electron chi connectivity index (χ3n) is 2.82. The molecule has 0 bridgehead atoms. The minimum atomic E-state index is 0.384. The van der Waals surface area contributed by atoms with Gasteiger partial charge in [-0.3, -0.25) is 0 Å². The predicted molar refractivity (Wildman–Crippen MR) is 71.3 cm³/mol. The summed E-state index contributed by atoms with van der Waals surface area (Å²) in [6.45, 7) is 6.82. The summed E-state index contributed by atoms with van der Waals surface area (Å²) < 4.78 is 1.94. The van der Waals surface area contributed by atoms with Crippen LogP contribution in [0.2, 0.25) is 0 Å². The van der Waals surface area contributed by atoms with Gasteiger partial charge < -0.3 is 0 Å². The molecule has 2 heteroatoms. The molecule has 0 aliphatic heterocycles. The molecule has 1 aromatic carbocycles. The molecule has 2 nitrogen and oxygen atoms in total. The number of aromatic nitrogens is 2. The molecular weight excluding hydrogens is 208 g/mol. The van der Waals surface area contributed by atoms with E-state index in [2.05, 4.69) is 44.2 Å². The molecule has 2 rings (SSSR count). The van der Waals surface area contributed by atoms with Crippen LogP contribution in [0.25, 0.3) is 5.69 Å². The van der Waals surface area contributed by atoms with Crippen molar-refractivity contribution >= 4 is 0 Å². The maximum atomic E-state index is 4.40. The van der Waals surface area contributed by atoms with Crippen molar-refractivity contribution in [3.63, 3.8) is 0 Å². The summed E-state index contributed by atoms with van der Waals surface area (Å²) in [4.78, 5) is 0. The van der Waals surface area contributed by atoms with Crippen LogP contribution in [0.15, 0.2) is 42.7 Å². The van der Waals surface area contributed by atoms with Crippen LogP contribution < -0.4 is 0 Å². The normalized spacial score (nSPS) is 11.7. The Morgan fingerprint density at radius 1 is 1.12 bits per heavy atom. The molecular formula is C15H20N2. The topological polar surface area (TPSA) is 17.8 Å². The Kier molecular flexibility index (Phi) is 3.32. The van der Waals surface area contributed by atoms with Gasteiger partial charge in [0.2, 0.25) is 0 Å². The highest BCUT2D eigenvalue weighted by Gasteiger charge is 2.10. The molecule has 0 fully saturated rings. The second-order valence-electron chi connectivity index (χ2n) is 5.69. The van der Waals surface area contributed by atoms with Gasteiger partial charge in [0.1, 0.15) is 0 Å². The van der Waals surface area contributed by atoms with Gasteiger partial charge >= 0.3 is 0 Å². The van der Waals surface area contributed by atoms with Gasteiger partial charge in [-0.1, -0.05) is 39.0 Å². The fourth-order valence-corrected chi connectivity index (χ4v) is 1.73. The van der Waals surface area contributed by atoms with Crippen molar-refractivity contribution in [2.75, 3.05) is 0 Å². The Hall–Kier alpha value is -1.57. The van der Waals surface area contributed by atoms with E-state index in [1.165, 1.54) is 12.0 Å². The lowest BCUT2D eigenvalue weighted by atomic mass is 9.89. The van der Waals surface area contributed by atoms with Crippen molar-refractivity contribution in [2.45, 2.75) is 33.6 Å². The van der Waals surface area contributed by atoms with E-state index in [0.29, 0.717) is 5.41 Å². The van der Waals surface area contributed by atoms with E-state index in [9.17, 15) is 0 Å². The molecule has 1 aromatic heterocycles. The van der Waals surface area contributed by atoms with Crippen LogP contribution in [0.1, 0.15) is 32.8 Å². The fraction of sp³-hybridized carbons (Fsp3) is 0.400. The molecule has 0 unspecified atom stereocenters. The first-order valence-corrected chi connectivity index (χ1v) is 6.14. The minimum absolute atomic E-state index is 0.384. The average molecular weight is 228 g/mol. The first kappa shape index (κ1) is 11.9. The van der Waals surface area contributed by atoms with E-state index in [-0.39, 0.29) is 0 Å². The fourth-order valence-electron chi connectivity index (χ4n) is 1.73. The van der Waals surface area contributed by atoms with Crippen LogP contribution >= 0.6 is 0 Å². The predicted octanol–water partition coefficient (Wildman–Crippen LogP) is 3.85. The molecule has 0 atom stereocenters. The highest BCUT2D eigenvalue weighted by molar-refractivity contribution is 5.30. The van der Waals surface area contributed by atoms with Gasteiger partial charge in [-0.15, -0.1) is 0 Å². The Balaban J connectivity index is 2.07. The summed E-state index contributed by atoms with van der Waals surface area (Å²) >= 11 is 0. The van der Waals surface area contributed by atoms with Gasteiger partial charge in [0.05, 0.1) is 11.9 Å². The highest BCUT2D eigenvalue weighted by Crippen LogP contribution is 2.21. The van der Waals surface area contributed by atoms with Gasteiger partial charge in [-0.2, -0.15) is 5.10 Å². The van der Waals surface area contributed by atoms with Crippen LogP contribution in [-0.4, -0.2) is 9.78 Å². The lowest BCUT2D eigenvalue weighted by Gasteiger charge is -2.16. The van der Waals surface area contributed by atoms with Gasteiger partial charge in [0, 0.05) is 6.20 Å². The maximum Gasteiger partial charge on any atom is 0.0645 e. The summed E-state index contributed by atoms with van der Waals surface area (Å²) in [5, 5.41) is 4.40. The van der Waals surface area contributed by atoms with E-state index in [0.717, 1.165) is 12.1 Å². The molecule has 0 aliphatic rings. The third-order valence-corrected chi connectivity index (χ3v) is 2.82. The number of hydrogen-bond acceptors (Lipinski definition) is 1. The summed E-state index contributed by atoms with van der Waals surface area (Å²) in [5.41, 5.74) is 2.81. The van der Waals surface area contributed by atoms with Gasteiger partial charge in [0.15, 0.2) is 0 Å². The van der Waals surface area contributed by atoms with E-state index < -0.39 is 0 Å². The number of nitrogens with zero attached hydrogens (tertiary/aromatic N) is 2. The van der Waals surface area contributed by atoms with Crippen LogP contribution in [-0.2, 0) is 6.42 Å². The lowest BCUT2D eigenvalue weighted by molar-refractivity contribution is 0.378. The standard InChI is InChI=1S/C15H20N2/c1-15(2,3)10-9-13-11-16-17(12-13)14-7-5-4-6-8-14/h4-8,11-12H,9-10H2,1-3H3. The minimum Gasteiger partial charge on any atom is -0.241 e. The zero-order chi connectivity index (χ0) is 12.3. The van der Waals surface area contributed by atoms with E-state index in [1.54, 1.807) is 0 Å². The summed E-state index contributed by atoms with van der Waals surface area (Å²) in [6, 6.07) is 10.2. The SMILES string of the molecule is CC(C)(C)CCc1cnn(-c2ccccc2)c1. The Labute approximate surface area is 103 Å².